The molecule has 2 N–H and O–H groups in total. The molecule has 0 saturated heterocycles. The topological polar surface area (TPSA) is 75.9 Å². The van der Waals surface area contributed by atoms with Crippen LogP contribution in [-0.4, -0.2) is 38.2 Å². The second-order valence-electron chi connectivity index (χ2n) is 5.86. The van der Waals surface area contributed by atoms with Crippen molar-refractivity contribution in [3.8, 4) is 5.82 Å². The van der Waals surface area contributed by atoms with Gasteiger partial charge in [-0.05, 0) is 49.8 Å². The van der Waals surface area contributed by atoms with Crippen molar-refractivity contribution >= 4 is 5.82 Å². The number of rotatable bonds is 6. The van der Waals surface area contributed by atoms with Gasteiger partial charge in [0.2, 0.25) is 0 Å². The number of aliphatic hydroxyl groups is 1. The third-order valence-corrected chi connectivity index (χ3v) is 4.31. The number of aliphatic hydroxyl groups excluding tert-OH is 1. The van der Waals surface area contributed by atoms with Crippen molar-refractivity contribution in [2.75, 3.05) is 18.5 Å². The Morgan fingerprint density at radius 1 is 1.29 bits per heavy atom. The molecule has 0 aromatic carbocycles. The number of nitrogens with one attached hydrogen (secondary N) is 1. The minimum Gasteiger partial charge on any atom is -0.396 e. The Morgan fingerprint density at radius 3 is 2.67 bits per heavy atom. The van der Waals surface area contributed by atoms with Crippen molar-refractivity contribution in [1.29, 1.82) is 0 Å². The van der Waals surface area contributed by atoms with Crippen LogP contribution in [0.15, 0.2) is 24.4 Å². The van der Waals surface area contributed by atoms with E-state index in [-0.39, 0.29) is 12.0 Å². The van der Waals surface area contributed by atoms with E-state index in [9.17, 15) is 0 Å². The first-order valence-corrected chi connectivity index (χ1v) is 7.42. The van der Waals surface area contributed by atoms with Crippen LogP contribution in [0.2, 0.25) is 0 Å². The molecular weight excluding hydrogens is 266 g/mol. The third-order valence-electron chi connectivity index (χ3n) is 4.31. The van der Waals surface area contributed by atoms with E-state index in [1.165, 1.54) is 19.3 Å². The van der Waals surface area contributed by atoms with Crippen LogP contribution in [0, 0.1) is 12.3 Å². The highest BCUT2D eigenvalue weighted by atomic mass is 16.3. The van der Waals surface area contributed by atoms with Crippen molar-refractivity contribution < 1.29 is 5.11 Å². The molecular formula is C15H21N5O. The van der Waals surface area contributed by atoms with Crippen LogP contribution in [0.3, 0.4) is 0 Å². The monoisotopic (exact) mass is 287 g/mol. The van der Waals surface area contributed by atoms with Crippen LogP contribution in [0.4, 0.5) is 5.82 Å². The van der Waals surface area contributed by atoms with E-state index >= 15 is 0 Å². The molecule has 1 saturated carbocycles. The minimum atomic E-state index is 0.244. The van der Waals surface area contributed by atoms with Gasteiger partial charge in [-0.1, -0.05) is 6.42 Å². The lowest BCUT2D eigenvalue weighted by Crippen LogP contribution is -2.37. The van der Waals surface area contributed by atoms with Crippen LogP contribution in [0.25, 0.3) is 5.82 Å². The molecule has 0 radical (unpaired) electrons. The van der Waals surface area contributed by atoms with Crippen molar-refractivity contribution in [3.05, 3.63) is 30.1 Å². The van der Waals surface area contributed by atoms with E-state index in [0.29, 0.717) is 5.82 Å². The molecule has 1 fully saturated rings. The molecule has 6 nitrogen and oxygen atoms in total. The fraction of sp³-hybridized carbons (Fsp3) is 0.533. The first-order valence-electron chi connectivity index (χ1n) is 7.42. The highest BCUT2D eigenvalue weighted by molar-refractivity contribution is 5.36. The zero-order valence-corrected chi connectivity index (χ0v) is 12.3. The molecule has 0 amide bonds. The number of hydrogen-bond acceptors (Lipinski definition) is 5. The second-order valence-corrected chi connectivity index (χ2v) is 5.86. The summed E-state index contributed by atoms with van der Waals surface area (Å²) in [5, 5.41) is 25.2. The summed E-state index contributed by atoms with van der Waals surface area (Å²) in [6.07, 6.45) is 6.34. The molecule has 0 spiro atoms. The summed E-state index contributed by atoms with van der Waals surface area (Å²) in [5.41, 5.74) is 1.20. The van der Waals surface area contributed by atoms with Crippen molar-refractivity contribution in [2.24, 2.45) is 5.41 Å². The van der Waals surface area contributed by atoms with Gasteiger partial charge in [0.25, 0.3) is 0 Å². The van der Waals surface area contributed by atoms with Gasteiger partial charge in [0.05, 0.1) is 5.69 Å². The molecule has 1 aliphatic rings. The molecule has 6 heteroatoms. The molecule has 2 aromatic rings. The number of hydrogen-bond donors (Lipinski definition) is 2. The van der Waals surface area contributed by atoms with E-state index in [1.54, 1.807) is 4.68 Å². The fourth-order valence-electron chi connectivity index (χ4n) is 2.79. The van der Waals surface area contributed by atoms with Gasteiger partial charge < -0.3 is 10.4 Å². The summed E-state index contributed by atoms with van der Waals surface area (Å²) < 4.78 is 1.71. The minimum absolute atomic E-state index is 0.244. The summed E-state index contributed by atoms with van der Waals surface area (Å²) in [4.78, 5) is 0. The first kappa shape index (κ1) is 14.0. The first-order chi connectivity index (χ1) is 10.2. The van der Waals surface area contributed by atoms with E-state index in [2.05, 4.69) is 20.6 Å². The molecule has 1 aliphatic carbocycles. The van der Waals surface area contributed by atoms with Crippen LogP contribution >= 0.6 is 0 Å². The molecule has 112 valence electrons. The van der Waals surface area contributed by atoms with E-state index in [4.69, 9.17) is 5.11 Å². The van der Waals surface area contributed by atoms with Gasteiger partial charge >= 0.3 is 0 Å². The molecule has 3 rings (SSSR count). The van der Waals surface area contributed by atoms with Crippen LogP contribution in [0.1, 0.15) is 31.4 Å². The lowest BCUT2D eigenvalue weighted by atomic mass is 9.67. The third kappa shape index (κ3) is 3.05. The highest BCUT2D eigenvalue weighted by Gasteiger charge is 2.36. The Hall–Kier alpha value is -1.95. The van der Waals surface area contributed by atoms with Gasteiger partial charge in [-0.25, -0.2) is 4.68 Å². The fourth-order valence-corrected chi connectivity index (χ4v) is 2.79. The summed E-state index contributed by atoms with van der Waals surface area (Å²) in [6, 6.07) is 5.76. The van der Waals surface area contributed by atoms with Crippen molar-refractivity contribution in [3.63, 3.8) is 0 Å². The number of aromatic nitrogens is 4. The average Bonchev–Trinajstić information content (AvgIpc) is 2.89. The maximum absolute atomic E-state index is 9.16. The van der Waals surface area contributed by atoms with Gasteiger partial charge in [-0.3, -0.25) is 0 Å². The van der Waals surface area contributed by atoms with Crippen LogP contribution in [-0.2, 0) is 0 Å². The summed E-state index contributed by atoms with van der Waals surface area (Å²) in [5.74, 6) is 1.48. The van der Waals surface area contributed by atoms with Gasteiger partial charge in [-0.15, -0.1) is 10.2 Å². The lowest BCUT2D eigenvalue weighted by Gasteiger charge is -2.41. The zero-order chi connectivity index (χ0) is 14.7. The van der Waals surface area contributed by atoms with E-state index in [0.717, 1.165) is 24.5 Å². The molecule has 0 atom stereocenters. The van der Waals surface area contributed by atoms with E-state index < -0.39 is 0 Å². The van der Waals surface area contributed by atoms with Gasteiger partial charge in [-0.2, -0.15) is 5.10 Å². The molecule has 2 heterocycles. The normalized spacial score (nSPS) is 16.5. The summed E-state index contributed by atoms with van der Waals surface area (Å²) in [6.45, 7) is 3.05. The summed E-state index contributed by atoms with van der Waals surface area (Å²) >= 11 is 0. The van der Waals surface area contributed by atoms with Crippen molar-refractivity contribution in [1.82, 2.24) is 20.0 Å². The quantitative estimate of drug-likeness (QED) is 0.849. The van der Waals surface area contributed by atoms with Gasteiger partial charge in [0, 0.05) is 19.3 Å². The number of anilines is 1. The largest absolute Gasteiger partial charge is 0.396 e. The highest BCUT2D eigenvalue weighted by Crippen LogP contribution is 2.43. The van der Waals surface area contributed by atoms with E-state index in [1.807, 2.05) is 31.3 Å². The Morgan fingerprint density at radius 2 is 2.14 bits per heavy atom. The predicted octanol–water partition coefficient (Wildman–Crippen LogP) is 1.94. The predicted molar refractivity (Wildman–Crippen MR) is 80.4 cm³/mol. The lowest BCUT2D eigenvalue weighted by molar-refractivity contribution is 0.101. The maximum atomic E-state index is 9.16. The SMILES string of the molecule is Cc1ccn(-c2ccc(NCC3(CCO)CCC3)nn2)n1. The van der Waals surface area contributed by atoms with Gasteiger partial charge in [0.1, 0.15) is 5.82 Å². The summed E-state index contributed by atoms with van der Waals surface area (Å²) in [7, 11) is 0. The number of aryl methyl sites for hydroxylation is 1. The van der Waals surface area contributed by atoms with Crippen LogP contribution in [0.5, 0.6) is 0 Å². The number of nitrogens with zero attached hydrogens (tertiary/aromatic N) is 4. The molecule has 0 bridgehead atoms. The molecule has 21 heavy (non-hydrogen) atoms. The molecule has 0 unspecified atom stereocenters. The molecule has 0 aliphatic heterocycles. The zero-order valence-electron chi connectivity index (χ0n) is 12.3. The van der Waals surface area contributed by atoms with Crippen LogP contribution < -0.4 is 5.32 Å². The Labute approximate surface area is 124 Å². The van der Waals surface area contributed by atoms with Crippen molar-refractivity contribution in [2.45, 2.75) is 32.6 Å². The maximum Gasteiger partial charge on any atom is 0.175 e. The smallest absolute Gasteiger partial charge is 0.175 e. The average molecular weight is 287 g/mol. The van der Waals surface area contributed by atoms with Gasteiger partial charge in [0.15, 0.2) is 5.82 Å². The Kier molecular flexibility index (Phi) is 3.88. The second kappa shape index (κ2) is 5.81. The Balaban J connectivity index is 1.62. The standard InChI is InChI=1S/C15H21N5O/c1-12-5-9-20(19-12)14-4-3-13(17-18-14)16-11-15(8-10-21)6-2-7-15/h3-5,9,21H,2,6-8,10-11H2,1H3,(H,16,17). The molecule has 2 aromatic heterocycles. The Bertz CT molecular complexity index is 588.